The molecule has 5 nitrogen and oxygen atoms in total. The maximum Gasteiger partial charge on any atom is 0.295 e. The van der Waals surface area contributed by atoms with Gasteiger partial charge in [0.25, 0.3) is 5.91 Å². The maximum atomic E-state index is 12.2. The topological polar surface area (TPSA) is 60.5 Å². The van der Waals surface area contributed by atoms with Crippen molar-refractivity contribution in [3.63, 3.8) is 0 Å². The van der Waals surface area contributed by atoms with Crippen LogP contribution in [0.5, 0.6) is 0 Å². The molecule has 0 saturated heterocycles. The van der Waals surface area contributed by atoms with Crippen molar-refractivity contribution in [3.05, 3.63) is 23.1 Å². The molecule has 2 heterocycles. The molecule has 5 aliphatic rings. The second-order valence-electron chi connectivity index (χ2n) is 7.89. The van der Waals surface area contributed by atoms with E-state index in [1.165, 1.54) is 61.8 Å². The van der Waals surface area contributed by atoms with E-state index in [2.05, 4.69) is 10.7 Å². The molecule has 1 aliphatic heterocycles. The summed E-state index contributed by atoms with van der Waals surface area (Å²) in [6.45, 7) is 0.903. The van der Waals surface area contributed by atoms with Gasteiger partial charge in [0.15, 0.2) is 5.13 Å². The lowest BCUT2D eigenvalue weighted by Crippen LogP contribution is -2.48. The summed E-state index contributed by atoms with van der Waals surface area (Å²) in [6, 6.07) is 0. The van der Waals surface area contributed by atoms with Crippen molar-refractivity contribution in [1.29, 1.82) is 0 Å². The molecule has 6 heteroatoms. The fraction of sp³-hybridized carbons (Fsp3) is 0.667. The summed E-state index contributed by atoms with van der Waals surface area (Å²) >= 11 is 1.52. The van der Waals surface area contributed by atoms with E-state index in [-0.39, 0.29) is 17.1 Å². The number of anilines is 1. The molecular weight excluding hydrogens is 324 g/mol. The summed E-state index contributed by atoms with van der Waals surface area (Å²) in [5.41, 5.74) is 1.48. The van der Waals surface area contributed by atoms with Crippen LogP contribution >= 0.6 is 11.3 Å². The average Bonchev–Trinajstić information content (AvgIpc) is 3.04. The highest BCUT2D eigenvalue weighted by Crippen LogP contribution is 2.60. The zero-order valence-corrected chi connectivity index (χ0v) is 14.4. The number of hydrogen-bond donors (Lipinski definition) is 1. The molecular formula is C18H22N2O3S. The van der Waals surface area contributed by atoms with E-state index in [1.54, 1.807) is 0 Å². The zero-order chi connectivity index (χ0) is 16.1. The lowest BCUT2D eigenvalue weighted by Gasteiger charge is -2.56. The van der Waals surface area contributed by atoms with Crippen molar-refractivity contribution in [2.75, 3.05) is 18.5 Å². The number of carbonyl (C=O) groups is 1. The van der Waals surface area contributed by atoms with Crippen LogP contribution in [-0.4, -0.2) is 24.1 Å². The number of rotatable bonds is 3. The van der Waals surface area contributed by atoms with Crippen molar-refractivity contribution in [3.8, 4) is 0 Å². The maximum absolute atomic E-state index is 12.2. The van der Waals surface area contributed by atoms with E-state index in [0.717, 1.165) is 17.8 Å². The van der Waals surface area contributed by atoms with Crippen LogP contribution < -0.4 is 5.32 Å². The van der Waals surface area contributed by atoms with E-state index >= 15 is 0 Å². The Hall–Kier alpha value is -1.56. The molecule has 1 N–H and O–H groups in total. The van der Waals surface area contributed by atoms with Gasteiger partial charge in [-0.15, -0.1) is 11.3 Å². The Kier molecular flexibility index (Phi) is 3.37. The van der Waals surface area contributed by atoms with Gasteiger partial charge in [0.05, 0.1) is 5.69 Å². The number of amides is 1. The minimum Gasteiger partial charge on any atom is -0.494 e. The molecule has 24 heavy (non-hydrogen) atoms. The summed E-state index contributed by atoms with van der Waals surface area (Å²) in [5.74, 6) is 2.64. The highest BCUT2D eigenvalue weighted by atomic mass is 32.1. The van der Waals surface area contributed by atoms with E-state index in [9.17, 15) is 4.79 Å². The van der Waals surface area contributed by atoms with Crippen molar-refractivity contribution in [2.45, 2.75) is 43.9 Å². The molecule has 1 aromatic heterocycles. The molecule has 4 saturated carbocycles. The molecule has 1 amide bonds. The van der Waals surface area contributed by atoms with Gasteiger partial charge in [0, 0.05) is 10.8 Å². The Morgan fingerprint density at radius 3 is 2.50 bits per heavy atom. The number of hydrogen-bond acceptors (Lipinski definition) is 5. The first-order chi connectivity index (χ1) is 11.7. The quantitative estimate of drug-likeness (QED) is 0.911. The Labute approximate surface area is 145 Å². The van der Waals surface area contributed by atoms with Crippen LogP contribution in [0.2, 0.25) is 0 Å². The van der Waals surface area contributed by atoms with Gasteiger partial charge in [0.1, 0.15) is 19.5 Å². The summed E-state index contributed by atoms with van der Waals surface area (Å²) in [7, 11) is 0. The van der Waals surface area contributed by atoms with E-state index in [1.807, 2.05) is 0 Å². The van der Waals surface area contributed by atoms with E-state index in [4.69, 9.17) is 14.5 Å². The Morgan fingerprint density at radius 1 is 1.17 bits per heavy atom. The lowest BCUT2D eigenvalue weighted by atomic mass is 9.49. The number of nitrogens with one attached hydrogen (secondary N) is 1. The van der Waals surface area contributed by atoms with Crippen LogP contribution in [0.25, 0.3) is 0 Å². The van der Waals surface area contributed by atoms with Crippen molar-refractivity contribution < 1.29 is 14.3 Å². The third-order valence-electron chi connectivity index (χ3n) is 6.18. The van der Waals surface area contributed by atoms with Gasteiger partial charge in [-0.3, -0.25) is 10.1 Å². The minimum atomic E-state index is -0.277. The SMILES string of the molecule is O=C(Nc1nc(C23CC4CC(CC(C4)C2)C3)cs1)C1=COCCO1. The fourth-order valence-electron chi connectivity index (χ4n) is 5.65. The largest absolute Gasteiger partial charge is 0.494 e. The highest BCUT2D eigenvalue weighted by Gasteiger charge is 2.52. The van der Waals surface area contributed by atoms with Gasteiger partial charge in [-0.2, -0.15) is 0 Å². The Bertz CT molecular complexity index is 661. The first-order valence-electron chi connectivity index (χ1n) is 8.92. The normalized spacial score (nSPS) is 36.7. The first kappa shape index (κ1) is 14.8. The molecule has 6 rings (SSSR count). The van der Waals surface area contributed by atoms with E-state index < -0.39 is 0 Å². The van der Waals surface area contributed by atoms with Gasteiger partial charge >= 0.3 is 0 Å². The van der Waals surface area contributed by atoms with Crippen LogP contribution in [0.4, 0.5) is 5.13 Å². The molecule has 0 aromatic carbocycles. The molecule has 1 aromatic rings. The molecule has 4 fully saturated rings. The van der Waals surface area contributed by atoms with E-state index in [0.29, 0.717) is 18.3 Å². The molecule has 0 radical (unpaired) electrons. The molecule has 0 unspecified atom stereocenters. The molecule has 128 valence electrons. The molecule has 4 aliphatic carbocycles. The third-order valence-corrected chi connectivity index (χ3v) is 6.94. The van der Waals surface area contributed by atoms with Gasteiger partial charge in [0.2, 0.25) is 5.76 Å². The van der Waals surface area contributed by atoms with Gasteiger partial charge in [-0.05, 0) is 56.3 Å². The number of ether oxygens (including phenoxy) is 2. The summed E-state index contributed by atoms with van der Waals surface area (Å²) in [5, 5.41) is 5.69. The van der Waals surface area contributed by atoms with Crippen LogP contribution in [0, 0.1) is 17.8 Å². The first-order valence-corrected chi connectivity index (χ1v) is 9.80. The highest BCUT2D eigenvalue weighted by molar-refractivity contribution is 7.14. The zero-order valence-electron chi connectivity index (χ0n) is 13.6. The van der Waals surface area contributed by atoms with Crippen LogP contribution in [-0.2, 0) is 19.7 Å². The third kappa shape index (κ3) is 2.42. The predicted octanol–water partition coefficient (Wildman–Crippen LogP) is 3.44. The Balaban J connectivity index is 1.34. The van der Waals surface area contributed by atoms with Gasteiger partial charge in [-0.1, -0.05) is 0 Å². The summed E-state index contributed by atoms with van der Waals surface area (Å²) < 4.78 is 10.5. The average molecular weight is 346 g/mol. The fourth-order valence-corrected chi connectivity index (χ4v) is 6.47. The van der Waals surface area contributed by atoms with Crippen molar-refractivity contribution in [2.24, 2.45) is 17.8 Å². The van der Waals surface area contributed by atoms with Gasteiger partial charge < -0.3 is 9.47 Å². The van der Waals surface area contributed by atoms with Crippen LogP contribution in [0.15, 0.2) is 17.4 Å². The second kappa shape index (κ2) is 5.48. The Morgan fingerprint density at radius 2 is 1.88 bits per heavy atom. The predicted molar refractivity (Wildman–Crippen MR) is 90.6 cm³/mol. The van der Waals surface area contributed by atoms with Gasteiger partial charge in [-0.25, -0.2) is 4.98 Å². The molecule has 0 atom stereocenters. The monoisotopic (exact) mass is 346 g/mol. The van der Waals surface area contributed by atoms with Crippen molar-refractivity contribution >= 4 is 22.4 Å². The number of carbonyl (C=O) groups excluding carboxylic acids is 1. The standard InChI is InChI=1S/C18H22N2O3S/c21-16(14-9-22-1-2-23-14)20-17-19-15(10-24-17)18-6-11-3-12(7-18)5-13(4-11)8-18/h9-13H,1-8H2,(H,19,20,21). The van der Waals surface area contributed by atoms with Crippen molar-refractivity contribution in [1.82, 2.24) is 4.98 Å². The summed E-state index contributed by atoms with van der Waals surface area (Å²) in [6.07, 6.45) is 9.54. The molecule has 0 spiro atoms. The summed E-state index contributed by atoms with van der Waals surface area (Å²) in [4.78, 5) is 17.0. The number of aromatic nitrogens is 1. The number of thiazole rings is 1. The van der Waals surface area contributed by atoms with Crippen LogP contribution in [0.3, 0.4) is 0 Å². The smallest absolute Gasteiger partial charge is 0.295 e. The lowest BCUT2D eigenvalue weighted by molar-refractivity contribution is -0.117. The molecule has 4 bridgehead atoms. The second-order valence-corrected chi connectivity index (χ2v) is 8.75. The van der Waals surface area contributed by atoms with Crippen LogP contribution in [0.1, 0.15) is 44.2 Å². The number of nitrogens with zero attached hydrogens (tertiary/aromatic N) is 1. The minimum absolute atomic E-state index is 0.229.